The first-order valence-electron chi connectivity index (χ1n) is 10.0. The molecule has 1 saturated heterocycles. The number of primary sulfonamides is 1. The maximum atomic E-state index is 13.7. The molecule has 3 N–H and O–H groups in total. The molecule has 1 fully saturated rings. The van der Waals surface area contributed by atoms with E-state index in [1.165, 1.54) is 11.8 Å². The van der Waals surface area contributed by atoms with Gasteiger partial charge in [0.15, 0.2) is 0 Å². The zero-order chi connectivity index (χ0) is 23.4. The van der Waals surface area contributed by atoms with E-state index in [9.17, 15) is 26.4 Å². The van der Waals surface area contributed by atoms with E-state index in [2.05, 4.69) is 5.32 Å². The fourth-order valence-corrected chi connectivity index (χ4v) is 4.94. The first kappa shape index (κ1) is 24.4. The molecule has 174 valence electrons. The van der Waals surface area contributed by atoms with Gasteiger partial charge in [-0.2, -0.15) is 13.2 Å². The van der Waals surface area contributed by atoms with Crippen LogP contribution < -0.4 is 10.5 Å². The number of nitrogens with one attached hydrogen (secondary N) is 1. The number of likely N-dealkylation sites (tertiary alicyclic amines) is 1. The van der Waals surface area contributed by atoms with E-state index in [4.69, 9.17) is 5.14 Å². The maximum absolute atomic E-state index is 13.7. The van der Waals surface area contributed by atoms with Crippen LogP contribution in [-0.2, 0) is 21.0 Å². The molecule has 0 saturated carbocycles. The summed E-state index contributed by atoms with van der Waals surface area (Å²) in [6.45, 7) is 1.29. The molecule has 6 nitrogen and oxygen atoms in total. The van der Waals surface area contributed by atoms with Gasteiger partial charge in [-0.05, 0) is 43.2 Å². The summed E-state index contributed by atoms with van der Waals surface area (Å²) in [5, 5.41) is 7.83. The SMILES string of the molecule is NS(=O)(=O)c1ccc(N[C@@H](CSc2ccccc2)CC(=O)N2CCCC2)c(C(F)(F)F)c1. The highest BCUT2D eigenvalue weighted by atomic mass is 32.2. The van der Waals surface area contributed by atoms with Gasteiger partial charge >= 0.3 is 6.18 Å². The Balaban J connectivity index is 1.85. The van der Waals surface area contributed by atoms with Crippen molar-refractivity contribution in [3.05, 3.63) is 54.1 Å². The highest BCUT2D eigenvalue weighted by Gasteiger charge is 2.35. The van der Waals surface area contributed by atoms with Gasteiger partial charge in [-0.3, -0.25) is 4.79 Å². The molecule has 1 amide bonds. The smallest absolute Gasteiger partial charge is 0.380 e. The van der Waals surface area contributed by atoms with Crippen molar-refractivity contribution in [1.29, 1.82) is 0 Å². The van der Waals surface area contributed by atoms with Crippen molar-refractivity contribution in [1.82, 2.24) is 4.90 Å². The van der Waals surface area contributed by atoms with Crippen LogP contribution in [0.15, 0.2) is 58.3 Å². The largest absolute Gasteiger partial charge is 0.418 e. The Morgan fingerprint density at radius 2 is 1.78 bits per heavy atom. The average Bonchev–Trinajstić information content (AvgIpc) is 3.26. The van der Waals surface area contributed by atoms with Gasteiger partial charge in [0, 0.05) is 41.9 Å². The van der Waals surface area contributed by atoms with Gasteiger partial charge in [0.05, 0.1) is 10.5 Å². The van der Waals surface area contributed by atoms with Crippen molar-refractivity contribution >= 4 is 33.4 Å². The molecular formula is C21H24F3N3O3S2. The number of hydrogen-bond acceptors (Lipinski definition) is 5. The summed E-state index contributed by atoms with van der Waals surface area (Å²) in [7, 11) is -4.30. The number of nitrogens with zero attached hydrogens (tertiary/aromatic N) is 1. The lowest BCUT2D eigenvalue weighted by Gasteiger charge is -2.24. The Kier molecular flexibility index (Phi) is 7.73. The zero-order valence-electron chi connectivity index (χ0n) is 17.1. The number of benzene rings is 2. The molecule has 11 heteroatoms. The predicted molar refractivity (Wildman–Crippen MR) is 118 cm³/mol. The summed E-state index contributed by atoms with van der Waals surface area (Å²) in [4.78, 5) is 14.7. The van der Waals surface area contributed by atoms with Gasteiger partial charge in [-0.1, -0.05) is 18.2 Å². The van der Waals surface area contributed by atoms with Crippen LogP contribution in [-0.4, -0.2) is 44.1 Å². The van der Waals surface area contributed by atoms with Crippen LogP contribution in [0, 0.1) is 0 Å². The lowest BCUT2D eigenvalue weighted by molar-refractivity contribution is -0.137. The van der Waals surface area contributed by atoms with E-state index in [1.54, 1.807) is 4.90 Å². The minimum atomic E-state index is -4.81. The van der Waals surface area contributed by atoms with Crippen molar-refractivity contribution in [3.8, 4) is 0 Å². The van der Waals surface area contributed by atoms with Crippen LogP contribution in [0.3, 0.4) is 0 Å². The number of alkyl halides is 3. The summed E-state index contributed by atoms with van der Waals surface area (Å²) >= 11 is 1.42. The summed E-state index contributed by atoms with van der Waals surface area (Å²) in [6.07, 6.45) is -2.96. The predicted octanol–water partition coefficient (Wildman–Crippen LogP) is 3.94. The molecule has 3 rings (SSSR count). The third-order valence-electron chi connectivity index (χ3n) is 5.06. The van der Waals surface area contributed by atoms with E-state index in [1.807, 2.05) is 30.3 Å². The Labute approximate surface area is 189 Å². The van der Waals surface area contributed by atoms with Gasteiger partial charge in [0.1, 0.15) is 0 Å². The lowest BCUT2D eigenvalue weighted by atomic mass is 10.1. The molecule has 0 spiro atoms. The average molecular weight is 488 g/mol. The minimum absolute atomic E-state index is 0.0219. The molecule has 32 heavy (non-hydrogen) atoms. The minimum Gasteiger partial charge on any atom is -0.380 e. The number of amides is 1. The summed E-state index contributed by atoms with van der Waals surface area (Å²) in [5.41, 5.74) is -1.44. The van der Waals surface area contributed by atoms with Gasteiger partial charge < -0.3 is 10.2 Å². The maximum Gasteiger partial charge on any atom is 0.418 e. The van der Waals surface area contributed by atoms with Gasteiger partial charge in [0.2, 0.25) is 15.9 Å². The monoisotopic (exact) mass is 487 g/mol. The first-order chi connectivity index (χ1) is 15.0. The number of nitrogens with two attached hydrogens (primary N) is 1. The van der Waals surface area contributed by atoms with Gasteiger partial charge in [-0.15, -0.1) is 11.8 Å². The molecule has 1 heterocycles. The molecule has 0 unspecified atom stereocenters. The van der Waals surface area contributed by atoms with E-state index in [0.29, 0.717) is 24.9 Å². The molecule has 0 radical (unpaired) electrons. The molecule has 2 aromatic rings. The van der Waals surface area contributed by atoms with Crippen molar-refractivity contribution in [2.24, 2.45) is 5.14 Å². The van der Waals surface area contributed by atoms with E-state index >= 15 is 0 Å². The second-order valence-corrected chi connectivity index (χ2v) is 10.2. The molecule has 0 bridgehead atoms. The number of hydrogen-bond donors (Lipinski definition) is 2. The van der Waals surface area contributed by atoms with Crippen molar-refractivity contribution in [2.75, 3.05) is 24.2 Å². The van der Waals surface area contributed by atoms with E-state index in [0.717, 1.165) is 29.9 Å². The quantitative estimate of drug-likeness (QED) is 0.551. The standard InChI is InChI=1S/C21H24F3N3O3S2/c22-21(23,24)18-13-17(32(25,29)30)8-9-19(18)26-15(12-20(28)27-10-4-5-11-27)14-31-16-6-2-1-3-7-16/h1-3,6-9,13,15,26H,4-5,10-12,14H2,(H2,25,29,30)/t15-/m1/s1. The molecule has 1 aliphatic heterocycles. The molecular weight excluding hydrogens is 463 g/mol. The Hall–Kier alpha value is -2.24. The number of halogens is 3. The summed E-state index contributed by atoms with van der Waals surface area (Å²) in [6, 6.07) is 11.3. The topological polar surface area (TPSA) is 92.5 Å². The second kappa shape index (κ2) is 10.1. The third kappa shape index (κ3) is 6.63. The van der Waals surface area contributed by atoms with Crippen LogP contribution in [0.1, 0.15) is 24.8 Å². The number of thioether (sulfide) groups is 1. The van der Waals surface area contributed by atoms with Gasteiger partial charge in [-0.25, -0.2) is 13.6 Å². The normalized spacial score (nSPS) is 15.6. The summed E-state index contributed by atoms with van der Waals surface area (Å²) in [5.74, 6) is 0.223. The van der Waals surface area contributed by atoms with E-state index < -0.39 is 32.7 Å². The van der Waals surface area contributed by atoms with Crippen molar-refractivity contribution in [3.63, 3.8) is 0 Å². The second-order valence-electron chi connectivity index (χ2n) is 7.51. The Morgan fingerprint density at radius 3 is 2.38 bits per heavy atom. The fraction of sp³-hybridized carbons (Fsp3) is 0.381. The highest BCUT2D eigenvalue weighted by Crippen LogP contribution is 2.37. The summed E-state index contributed by atoms with van der Waals surface area (Å²) < 4.78 is 64.1. The molecule has 0 aromatic heterocycles. The Morgan fingerprint density at radius 1 is 1.12 bits per heavy atom. The number of carbonyl (C=O) groups excluding carboxylic acids is 1. The van der Waals surface area contributed by atoms with Crippen molar-refractivity contribution < 1.29 is 26.4 Å². The van der Waals surface area contributed by atoms with Crippen LogP contribution in [0.25, 0.3) is 0 Å². The number of sulfonamides is 1. The zero-order valence-corrected chi connectivity index (χ0v) is 18.8. The number of anilines is 1. The van der Waals surface area contributed by atoms with Crippen LogP contribution >= 0.6 is 11.8 Å². The van der Waals surface area contributed by atoms with Crippen molar-refractivity contribution in [2.45, 2.75) is 41.3 Å². The lowest BCUT2D eigenvalue weighted by Crippen LogP contribution is -2.35. The van der Waals surface area contributed by atoms with E-state index in [-0.39, 0.29) is 18.0 Å². The highest BCUT2D eigenvalue weighted by molar-refractivity contribution is 7.99. The molecule has 1 atom stereocenters. The van der Waals surface area contributed by atoms with Crippen LogP contribution in [0.2, 0.25) is 0 Å². The Bertz CT molecular complexity index is 1040. The number of rotatable bonds is 8. The van der Waals surface area contributed by atoms with Gasteiger partial charge in [0.25, 0.3) is 0 Å². The molecule has 1 aliphatic rings. The number of carbonyl (C=O) groups is 1. The first-order valence-corrected chi connectivity index (χ1v) is 12.5. The molecule has 2 aromatic carbocycles. The van der Waals surface area contributed by atoms with Crippen LogP contribution in [0.5, 0.6) is 0 Å². The molecule has 0 aliphatic carbocycles. The van der Waals surface area contributed by atoms with Crippen LogP contribution in [0.4, 0.5) is 18.9 Å². The third-order valence-corrected chi connectivity index (χ3v) is 7.14. The fourth-order valence-electron chi connectivity index (χ4n) is 3.45.